The molecule has 0 aliphatic heterocycles. The molecule has 0 aromatic rings. The Morgan fingerprint density at radius 3 is 1.54 bits per heavy atom. The van der Waals surface area contributed by atoms with Gasteiger partial charge < -0.3 is 17.1 Å². The predicted octanol–water partition coefficient (Wildman–Crippen LogP) is -1.44. The van der Waals surface area contributed by atoms with Gasteiger partial charge in [-0.25, -0.2) is 0 Å². The molecule has 4 nitrogen and oxygen atoms in total. The van der Waals surface area contributed by atoms with Crippen LogP contribution in [0.4, 0.5) is 0 Å². The molecule has 0 fully saturated rings. The van der Waals surface area contributed by atoms with Crippen molar-refractivity contribution in [3.63, 3.8) is 0 Å². The quantitative estimate of drug-likeness (QED) is 0.498. The van der Waals surface area contributed by atoms with E-state index in [0.717, 1.165) is 0 Å². The van der Waals surface area contributed by atoms with E-state index in [-0.39, 0.29) is 0 Å². The third kappa shape index (κ3) is 5.22. The summed E-state index contributed by atoms with van der Waals surface area (Å²) in [6.07, 6.45) is 0.523. The van der Waals surface area contributed by atoms with Gasteiger partial charge in [0.1, 0.15) is 35.5 Å². The Bertz CT molecular complexity index is 95.6. The van der Waals surface area contributed by atoms with Crippen molar-refractivity contribution in [2.75, 3.05) is 13.3 Å². The molecule has 80 valence electrons. The Kier molecular flexibility index (Phi) is 8.49. The van der Waals surface area contributed by atoms with Crippen molar-refractivity contribution in [2.24, 2.45) is 0 Å². The molecular formula is C5H20O4Si4. The fourth-order valence-electron chi connectivity index (χ4n) is 1.09. The van der Waals surface area contributed by atoms with Crippen molar-refractivity contribution in [3.8, 4) is 0 Å². The van der Waals surface area contributed by atoms with Crippen molar-refractivity contribution in [1.82, 2.24) is 0 Å². The molecule has 0 bridgehead atoms. The molecule has 0 saturated carbocycles. The summed E-state index contributed by atoms with van der Waals surface area (Å²) in [5.74, 6) is 0. The van der Waals surface area contributed by atoms with Gasteiger partial charge in [0, 0.05) is 7.11 Å². The Hall–Kier alpha value is 0.708. The lowest BCUT2D eigenvalue weighted by atomic mass is 11.5. The third-order valence-corrected chi connectivity index (χ3v) is 10.8. The average molecular weight is 257 g/mol. The molecule has 0 aliphatic rings. The molecule has 0 N–H and O–H groups in total. The molecule has 0 atom stereocenters. The Morgan fingerprint density at radius 1 is 0.923 bits per heavy atom. The van der Waals surface area contributed by atoms with Gasteiger partial charge in [0.25, 0.3) is 0 Å². The zero-order valence-electron chi connectivity index (χ0n) is 8.96. The molecule has 0 aliphatic carbocycles. The van der Waals surface area contributed by atoms with E-state index >= 15 is 0 Å². The molecule has 8 heteroatoms. The van der Waals surface area contributed by atoms with Crippen LogP contribution in [0.3, 0.4) is 0 Å². The highest BCUT2D eigenvalue weighted by atomic mass is 28.5. The molecule has 0 radical (unpaired) electrons. The van der Waals surface area contributed by atoms with Gasteiger partial charge in [0.15, 0.2) is 0 Å². The average Bonchev–Trinajstić information content (AvgIpc) is 2.06. The number of ether oxygens (including phenoxy) is 1. The Labute approximate surface area is 88.5 Å². The smallest absolute Gasteiger partial charge is 0.421 e. The summed E-state index contributed by atoms with van der Waals surface area (Å²) in [5, 5.41) is 0. The topological polar surface area (TPSA) is 36.9 Å². The first-order valence-corrected chi connectivity index (χ1v) is 12.6. The summed E-state index contributed by atoms with van der Waals surface area (Å²) in [6.45, 7) is 6.29. The van der Waals surface area contributed by atoms with E-state index in [1.54, 1.807) is 7.11 Å². The predicted molar refractivity (Wildman–Crippen MR) is 64.1 cm³/mol. The Morgan fingerprint density at radius 2 is 1.31 bits per heavy atom. The molecule has 0 spiro atoms. The normalized spacial score (nSPS) is 18.5. The lowest BCUT2D eigenvalue weighted by Crippen LogP contribution is -2.52. The second-order valence-electron chi connectivity index (χ2n) is 2.42. The minimum atomic E-state index is -2.33. The highest BCUT2D eigenvalue weighted by molar-refractivity contribution is 6.73. The summed E-state index contributed by atoms with van der Waals surface area (Å²) in [4.78, 5) is 0. The molecular weight excluding hydrogens is 236 g/mol. The van der Waals surface area contributed by atoms with Crippen molar-refractivity contribution in [3.05, 3.63) is 0 Å². The van der Waals surface area contributed by atoms with Gasteiger partial charge in [-0.2, -0.15) is 0 Å². The maximum Gasteiger partial charge on any atom is 0.495 e. The van der Waals surface area contributed by atoms with Gasteiger partial charge in [-0.15, -0.1) is 0 Å². The standard InChI is InChI=1S/C5H20O4Si4/c1-6-5-13(7-10-2,8-11-3)9-12-4/h5,10-12H2,1-4H3. The van der Waals surface area contributed by atoms with Gasteiger partial charge in [0.05, 0.1) is 0 Å². The van der Waals surface area contributed by atoms with Crippen LogP contribution in [-0.2, 0) is 17.1 Å². The van der Waals surface area contributed by atoms with E-state index in [0.29, 0.717) is 6.23 Å². The molecule has 0 unspecified atom stereocenters. The molecule has 0 aromatic heterocycles. The van der Waals surface area contributed by atoms with Gasteiger partial charge in [-0.3, -0.25) is 0 Å². The highest BCUT2D eigenvalue weighted by Crippen LogP contribution is 2.08. The summed E-state index contributed by atoms with van der Waals surface area (Å²) in [7, 11) is -2.09. The first kappa shape index (κ1) is 13.7. The molecule has 13 heavy (non-hydrogen) atoms. The molecule has 0 aromatic carbocycles. The van der Waals surface area contributed by atoms with Crippen LogP contribution in [0.25, 0.3) is 0 Å². The number of hydrogen-bond acceptors (Lipinski definition) is 4. The van der Waals surface area contributed by atoms with Crippen LogP contribution in [0.5, 0.6) is 0 Å². The van der Waals surface area contributed by atoms with Crippen LogP contribution >= 0.6 is 0 Å². The minimum absolute atomic E-state index is 0.475. The number of rotatable bonds is 8. The summed E-state index contributed by atoms with van der Waals surface area (Å²) in [5.41, 5.74) is 0. The van der Waals surface area contributed by atoms with Crippen LogP contribution in [-0.4, -0.2) is 51.4 Å². The van der Waals surface area contributed by atoms with Crippen molar-refractivity contribution < 1.29 is 17.1 Å². The SMILES string of the molecule is COC[Si](O[SiH2]C)(O[SiH2]C)O[SiH2]C. The fraction of sp³-hybridized carbons (Fsp3) is 1.00. The highest BCUT2D eigenvalue weighted by Gasteiger charge is 2.38. The zero-order chi connectivity index (χ0) is 10.2. The molecule has 0 heterocycles. The zero-order valence-corrected chi connectivity index (χ0v) is 14.2. The van der Waals surface area contributed by atoms with Gasteiger partial charge in [-0.05, 0) is 0 Å². The first-order chi connectivity index (χ1) is 6.24. The molecule has 0 amide bonds. The van der Waals surface area contributed by atoms with Gasteiger partial charge in [-0.1, -0.05) is 19.6 Å². The molecule has 0 saturated heterocycles. The number of methoxy groups -OCH3 is 1. The summed E-state index contributed by atoms with van der Waals surface area (Å²) in [6, 6.07) is 0. The van der Waals surface area contributed by atoms with Crippen LogP contribution in [0.15, 0.2) is 0 Å². The van der Waals surface area contributed by atoms with Crippen LogP contribution in [0.2, 0.25) is 19.6 Å². The molecule has 0 rings (SSSR count). The van der Waals surface area contributed by atoms with E-state index in [1.165, 1.54) is 0 Å². The first-order valence-electron chi connectivity index (χ1n) is 4.65. The fourth-order valence-corrected chi connectivity index (χ4v) is 11.0. The second-order valence-corrected chi connectivity index (χ2v) is 9.27. The number of hydrogen-bond donors (Lipinski definition) is 0. The second kappa shape index (κ2) is 8.05. The Balaban J connectivity index is 4.19. The van der Waals surface area contributed by atoms with Crippen LogP contribution in [0, 0.1) is 0 Å². The van der Waals surface area contributed by atoms with E-state index in [9.17, 15) is 0 Å². The van der Waals surface area contributed by atoms with Crippen LogP contribution < -0.4 is 0 Å². The van der Waals surface area contributed by atoms with Crippen molar-refractivity contribution in [1.29, 1.82) is 0 Å². The maximum absolute atomic E-state index is 5.73. The third-order valence-electron chi connectivity index (χ3n) is 1.41. The van der Waals surface area contributed by atoms with Gasteiger partial charge >= 0.3 is 8.80 Å². The lowest BCUT2D eigenvalue weighted by molar-refractivity contribution is 0.170. The van der Waals surface area contributed by atoms with E-state index in [1.807, 2.05) is 0 Å². The van der Waals surface area contributed by atoms with Gasteiger partial charge in [0.2, 0.25) is 0 Å². The largest absolute Gasteiger partial charge is 0.495 e. The van der Waals surface area contributed by atoms with E-state index in [4.69, 9.17) is 17.1 Å². The lowest BCUT2D eigenvalue weighted by Gasteiger charge is -2.29. The van der Waals surface area contributed by atoms with E-state index in [2.05, 4.69) is 19.6 Å². The van der Waals surface area contributed by atoms with Crippen molar-refractivity contribution >= 4 is 38.1 Å². The summed E-state index contributed by atoms with van der Waals surface area (Å²) >= 11 is 0. The van der Waals surface area contributed by atoms with E-state index < -0.39 is 38.1 Å². The van der Waals surface area contributed by atoms with Crippen LogP contribution in [0.1, 0.15) is 0 Å². The maximum atomic E-state index is 5.73. The minimum Gasteiger partial charge on any atom is -0.421 e. The van der Waals surface area contributed by atoms with Crippen molar-refractivity contribution in [2.45, 2.75) is 19.6 Å². The monoisotopic (exact) mass is 256 g/mol. The summed E-state index contributed by atoms with van der Waals surface area (Å²) < 4.78 is 22.3.